The summed E-state index contributed by atoms with van der Waals surface area (Å²) in [4.78, 5) is 12.2. The summed E-state index contributed by atoms with van der Waals surface area (Å²) < 4.78 is 21.8. The summed E-state index contributed by atoms with van der Waals surface area (Å²) >= 11 is 12.0. The number of thioether (sulfide) groups is 1. The topological polar surface area (TPSA) is 52.6 Å². The lowest BCUT2D eigenvalue weighted by Gasteiger charge is -2.16. The van der Waals surface area contributed by atoms with Crippen LogP contribution in [-0.4, -0.2) is 30.2 Å². The zero-order valence-corrected chi connectivity index (χ0v) is 19.2. The molecule has 0 unspecified atom stereocenters. The van der Waals surface area contributed by atoms with Gasteiger partial charge in [-0.1, -0.05) is 76.3 Å². The highest BCUT2D eigenvalue weighted by Crippen LogP contribution is 2.57. The average Bonchev–Trinajstić information content (AvgIpc) is 2.57. The lowest BCUT2D eigenvalue weighted by atomic mass is 10.1. The number of hydrogen-bond donors (Lipinski definition) is 0. The smallest absolute Gasteiger partial charge is 0.376 e. The molecule has 0 aromatic carbocycles. The molecular formula is C18H33Cl2O4PS. The van der Waals surface area contributed by atoms with E-state index >= 15 is 0 Å². The molecule has 0 aromatic heterocycles. The van der Waals surface area contributed by atoms with Crippen molar-refractivity contribution in [2.75, 3.05) is 19.8 Å². The molecule has 0 saturated heterocycles. The number of unbranched alkanes of at least 4 members (excludes halogenated alkanes) is 6. The van der Waals surface area contributed by atoms with Gasteiger partial charge < -0.3 is 9.26 Å². The van der Waals surface area contributed by atoms with Crippen molar-refractivity contribution >= 4 is 45.4 Å². The first-order valence-corrected chi connectivity index (χ1v) is 13.8. The van der Waals surface area contributed by atoms with Gasteiger partial charge in [-0.05, 0) is 35.3 Å². The maximum atomic E-state index is 12.2. The Morgan fingerprint density at radius 1 is 1.04 bits per heavy atom. The molecule has 0 amide bonds. The van der Waals surface area contributed by atoms with Crippen LogP contribution in [0.5, 0.6) is 0 Å². The Balaban J connectivity index is 4.09. The summed E-state index contributed by atoms with van der Waals surface area (Å²) in [5.41, 5.74) is 0. The van der Waals surface area contributed by atoms with Crippen molar-refractivity contribution in [3.8, 4) is 0 Å². The van der Waals surface area contributed by atoms with Gasteiger partial charge in [0.05, 0.1) is 25.1 Å². The van der Waals surface area contributed by atoms with Crippen molar-refractivity contribution in [3.05, 3.63) is 12.2 Å². The van der Waals surface area contributed by atoms with Crippen LogP contribution in [0.3, 0.4) is 0 Å². The van der Waals surface area contributed by atoms with E-state index in [0.29, 0.717) is 19.6 Å². The van der Waals surface area contributed by atoms with E-state index in [1.54, 1.807) is 0 Å². The van der Waals surface area contributed by atoms with Crippen LogP contribution >= 0.6 is 40.3 Å². The highest BCUT2D eigenvalue weighted by atomic mass is 35.9. The van der Waals surface area contributed by atoms with Gasteiger partial charge >= 0.3 is 6.07 Å². The van der Waals surface area contributed by atoms with Gasteiger partial charge in [0.2, 0.25) is 0 Å². The third-order valence-electron chi connectivity index (χ3n) is 3.61. The predicted octanol–water partition coefficient (Wildman–Crippen LogP) is 7.34. The molecule has 0 radical (unpaired) electrons. The van der Waals surface area contributed by atoms with Crippen LogP contribution in [0.25, 0.3) is 0 Å². The van der Waals surface area contributed by atoms with Crippen LogP contribution < -0.4 is 0 Å². The second-order valence-electron chi connectivity index (χ2n) is 6.11. The molecule has 154 valence electrons. The fourth-order valence-electron chi connectivity index (χ4n) is 2.26. The number of rotatable bonds is 17. The first-order valence-electron chi connectivity index (χ1n) is 9.45. The fraction of sp³-hybridized carbons (Fsp3) is 0.833. The highest BCUT2D eigenvalue weighted by Gasteiger charge is 2.21. The van der Waals surface area contributed by atoms with Crippen molar-refractivity contribution in [2.45, 2.75) is 76.9 Å². The average molecular weight is 447 g/mol. The van der Waals surface area contributed by atoms with E-state index < -0.39 is 6.07 Å². The third kappa shape index (κ3) is 19.3. The summed E-state index contributed by atoms with van der Waals surface area (Å²) in [6.07, 6.45) is 10.0. The second-order valence-corrected chi connectivity index (χ2v) is 11.7. The molecule has 0 aromatic rings. The van der Waals surface area contributed by atoms with Crippen LogP contribution in [0.1, 0.15) is 71.6 Å². The number of halogens is 2. The summed E-state index contributed by atoms with van der Waals surface area (Å²) in [7, 11) is 0. The van der Waals surface area contributed by atoms with Gasteiger partial charge in [0, 0.05) is 6.42 Å². The van der Waals surface area contributed by atoms with Crippen molar-refractivity contribution in [3.63, 3.8) is 0 Å². The molecule has 26 heavy (non-hydrogen) atoms. The molecule has 0 aliphatic rings. The van der Waals surface area contributed by atoms with Crippen molar-refractivity contribution in [2.24, 2.45) is 0 Å². The van der Waals surface area contributed by atoms with Crippen molar-refractivity contribution in [1.29, 1.82) is 0 Å². The second kappa shape index (κ2) is 17.6. The van der Waals surface area contributed by atoms with Gasteiger partial charge in [0.1, 0.15) is 0 Å². The molecule has 4 nitrogen and oxygen atoms in total. The first-order chi connectivity index (χ1) is 12.4. The van der Waals surface area contributed by atoms with Gasteiger partial charge in [-0.25, -0.2) is 0 Å². The zero-order valence-electron chi connectivity index (χ0n) is 16.0. The number of carbonyl (C=O) groups excluding carboxylic acids is 1. The quantitative estimate of drug-likeness (QED) is 0.133. The van der Waals surface area contributed by atoms with Gasteiger partial charge in [-0.2, -0.15) is 0 Å². The van der Waals surface area contributed by atoms with Crippen molar-refractivity contribution in [1.82, 2.24) is 0 Å². The molecule has 1 atom stereocenters. The molecule has 0 spiro atoms. The molecule has 0 bridgehead atoms. The largest absolute Gasteiger partial charge is 0.380 e. The SMILES string of the molecule is CC/C=C\COC[C@H](COP(=O)(Cl)Cl)SC(=O)CCCCCCCCC. The lowest BCUT2D eigenvalue weighted by Crippen LogP contribution is -2.20. The Morgan fingerprint density at radius 3 is 2.31 bits per heavy atom. The molecule has 0 fully saturated rings. The number of carbonyl (C=O) groups is 1. The van der Waals surface area contributed by atoms with E-state index in [9.17, 15) is 9.36 Å². The van der Waals surface area contributed by atoms with Gasteiger partial charge in [0.25, 0.3) is 0 Å². The Kier molecular flexibility index (Phi) is 17.9. The standard InChI is InChI=1S/C18H33Cl2O4PS/c1-3-5-7-8-9-10-11-13-18(21)26-17(16-24-25(19,20)22)15-23-14-12-6-4-2/h6,12,17H,3-5,7-11,13-16H2,1-2H3/b12-6-/t17-/m1/s1. The molecule has 0 heterocycles. The van der Waals surface area contributed by atoms with Crippen molar-refractivity contribution < 1.29 is 18.6 Å². The number of ether oxygens (including phenoxy) is 1. The van der Waals surface area contributed by atoms with Gasteiger partial charge in [-0.3, -0.25) is 9.36 Å². The van der Waals surface area contributed by atoms with Gasteiger partial charge in [0.15, 0.2) is 5.12 Å². The minimum absolute atomic E-state index is 0.0230. The predicted molar refractivity (Wildman–Crippen MR) is 115 cm³/mol. The Labute approximate surface area is 172 Å². The molecule has 0 aliphatic heterocycles. The Morgan fingerprint density at radius 2 is 1.69 bits per heavy atom. The summed E-state index contributed by atoms with van der Waals surface area (Å²) in [6.45, 7) is 5.05. The number of allylic oxidation sites excluding steroid dienone is 1. The highest BCUT2D eigenvalue weighted by molar-refractivity contribution is 8.14. The lowest BCUT2D eigenvalue weighted by molar-refractivity contribution is -0.111. The third-order valence-corrected chi connectivity index (χ3v) is 5.72. The van der Waals surface area contributed by atoms with Crippen LogP contribution in [0.15, 0.2) is 12.2 Å². The van der Waals surface area contributed by atoms with Crippen LogP contribution in [0.2, 0.25) is 0 Å². The summed E-state index contributed by atoms with van der Waals surface area (Å²) in [6, 6.07) is 0. The van der Waals surface area contributed by atoms with E-state index in [4.69, 9.17) is 31.7 Å². The van der Waals surface area contributed by atoms with E-state index in [2.05, 4.69) is 6.92 Å². The Hall–Kier alpha value is 0.490. The molecule has 8 heteroatoms. The maximum Gasteiger partial charge on any atom is 0.380 e. The minimum atomic E-state index is -3.60. The van der Waals surface area contributed by atoms with Crippen LogP contribution in [0.4, 0.5) is 0 Å². The maximum absolute atomic E-state index is 12.2. The normalized spacial score (nSPS) is 13.4. The molecule has 0 N–H and O–H groups in total. The van der Waals surface area contributed by atoms with Crippen LogP contribution in [0, 0.1) is 0 Å². The van der Waals surface area contributed by atoms with Gasteiger partial charge in [-0.15, -0.1) is 0 Å². The monoisotopic (exact) mass is 446 g/mol. The molecule has 0 rings (SSSR count). The zero-order chi connectivity index (χ0) is 19.7. The molecular weight excluding hydrogens is 414 g/mol. The van der Waals surface area contributed by atoms with E-state index in [1.165, 1.54) is 43.9 Å². The van der Waals surface area contributed by atoms with Crippen LogP contribution in [-0.2, 0) is 18.6 Å². The fourth-order valence-corrected chi connectivity index (χ4v) is 3.99. The van der Waals surface area contributed by atoms with E-state index in [-0.39, 0.29) is 17.0 Å². The number of hydrogen-bond acceptors (Lipinski definition) is 5. The van der Waals surface area contributed by atoms with E-state index in [1.807, 2.05) is 19.1 Å². The first kappa shape index (κ1) is 26.5. The van der Waals surface area contributed by atoms with E-state index in [0.717, 1.165) is 19.3 Å². The molecule has 0 saturated carbocycles. The minimum Gasteiger partial charge on any atom is -0.376 e. The summed E-state index contributed by atoms with van der Waals surface area (Å²) in [5, 5.41) is -0.174. The molecule has 0 aliphatic carbocycles. The summed E-state index contributed by atoms with van der Waals surface area (Å²) in [5.74, 6) is 0. The Bertz CT molecular complexity index is 429.